The summed E-state index contributed by atoms with van der Waals surface area (Å²) in [5.74, 6) is -0.626. The van der Waals surface area contributed by atoms with Crippen LogP contribution in [0.15, 0.2) is 29.1 Å². The van der Waals surface area contributed by atoms with Crippen LogP contribution in [-0.2, 0) is 4.74 Å². The van der Waals surface area contributed by atoms with Crippen molar-refractivity contribution in [3.05, 3.63) is 46.0 Å². The number of rotatable bonds is 1. The van der Waals surface area contributed by atoms with E-state index in [2.05, 4.69) is 4.98 Å². The smallest absolute Gasteiger partial charge is 0.254 e. The van der Waals surface area contributed by atoms with Crippen LogP contribution in [0.3, 0.4) is 0 Å². The fraction of sp³-hybridized carbons (Fsp3) is 0.375. The molecular weight excluding hydrogens is 287 g/mol. The molecule has 2 saturated heterocycles. The highest BCUT2D eigenvalue weighted by molar-refractivity contribution is 6.06. The third-order valence-electron chi connectivity index (χ3n) is 4.56. The molecule has 22 heavy (non-hydrogen) atoms. The highest BCUT2D eigenvalue weighted by atomic mass is 19.1. The fourth-order valence-electron chi connectivity index (χ4n) is 3.39. The summed E-state index contributed by atoms with van der Waals surface area (Å²) in [6.07, 6.45) is 0.970. The molecule has 1 aromatic heterocycles. The second-order valence-electron chi connectivity index (χ2n) is 6.20. The largest absolute Gasteiger partial charge is 0.381 e. The van der Waals surface area contributed by atoms with Gasteiger partial charge in [-0.2, -0.15) is 0 Å². The number of nitrogens with one attached hydrogen (secondary N) is 1. The molecule has 2 fully saturated rings. The first-order valence-corrected chi connectivity index (χ1v) is 7.26. The summed E-state index contributed by atoms with van der Waals surface area (Å²) in [5.41, 5.74) is 0.363. The van der Waals surface area contributed by atoms with Gasteiger partial charge in [-0.3, -0.25) is 9.59 Å². The Hall–Kier alpha value is -2.21. The molecule has 5 nitrogen and oxygen atoms in total. The lowest BCUT2D eigenvalue weighted by atomic mass is 9.79. The maximum absolute atomic E-state index is 13.3. The third-order valence-corrected chi connectivity index (χ3v) is 4.56. The minimum absolute atomic E-state index is 0.0960. The zero-order valence-electron chi connectivity index (χ0n) is 11.9. The maximum Gasteiger partial charge on any atom is 0.254 e. The Morgan fingerprint density at radius 3 is 2.86 bits per heavy atom. The number of likely N-dealkylation sites (tertiary alicyclic amines) is 1. The Bertz CT molecular complexity index is 816. The first kappa shape index (κ1) is 13.5. The van der Waals surface area contributed by atoms with Crippen molar-refractivity contribution in [3.8, 4) is 0 Å². The van der Waals surface area contributed by atoms with E-state index in [1.807, 2.05) is 0 Å². The van der Waals surface area contributed by atoms with Crippen molar-refractivity contribution in [2.45, 2.75) is 6.42 Å². The Morgan fingerprint density at radius 2 is 2.14 bits per heavy atom. The van der Waals surface area contributed by atoms with Crippen LogP contribution in [0.5, 0.6) is 0 Å². The van der Waals surface area contributed by atoms with Crippen LogP contribution in [0.2, 0.25) is 0 Å². The molecule has 4 rings (SSSR count). The second-order valence-corrected chi connectivity index (χ2v) is 6.20. The van der Waals surface area contributed by atoms with Crippen LogP contribution in [0.25, 0.3) is 10.9 Å². The number of carbonyl (C=O) groups excluding carboxylic acids is 1. The summed E-state index contributed by atoms with van der Waals surface area (Å²) in [6, 6.07) is 5.34. The number of aromatic amines is 1. The quantitative estimate of drug-likeness (QED) is 0.869. The number of hydrogen-bond acceptors (Lipinski definition) is 3. The summed E-state index contributed by atoms with van der Waals surface area (Å²) in [6.45, 7) is 2.75. The molecule has 1 spiro atoms. The predicted molar refractivity (Wildman–Crippen MR) is 78.3 cm³/mol. The minimum Gasteiger partial charge on any atom is -0.381 e. The molecule has 6 heteroatoms. The van der Waals surface area contributed by atoms with Gasteiger partial charge in [0.25, 0.3) is 5.91 Å². The molecule has 1 aromatic carbocycles. The topological polar surface area (TPSA) is 62.4 Å². The van der Waals surface area contributed by atoms with Crippen LogP contribution in [0.4, 0.5) is 4.39 Å². The van der Waals surface area contributed by atoms with Gasteiger partial charge in [-0.05, 0) is 24.6 Å². The molecular formula is C16H15FN2O3. The van der Waals surface area contributed by atoms with E-state index >= 15 is 0 Å². The first-order valence-electron chi connectivity index (χ1n) is 7.26. The maximum atomic E-state index is 13.3. The molecule has 2 aliphatic heterocycles. The zero-order chi connectivity index (χ0) is 15.3. The Balaban J connectivity index is 1.69. The number of nitrogens with zero attached hydrogens (tertiary/aromatic N) is 1. The summed E-state index contributed by atoms with van der Waals surface area (Å²) >= 11 is 0. The molecule has 0 saturated carbocycles. The molecule has 0 atom stereocenters. The van der Waals surface area contributed by atoms with Gasteiger partial charge in [-0.15, -0.1) is 0 Å². The highest BCUT2D eigenvalue weighted by Gasteiger charge is 2.47. The first-order chi connectivity index (χ1) is 10.6. The summed E-state index contributed by atoms with van der Waals surface area (Å²) in [5, 5.41) is 0.564. The van der Waals surface area contributed by atoms with Gasteiger partial charge in [0.05, 0.1) is 17.7 Å². The molecule has 3 heterocycles. The minimum atomic E-state index is -0.446. The van der Waals surface area contributed by atoms with Crippen molar-refractivity contribution in [2.75, 3.05) is 26.3 Å². The SMILES string of the molecule is O=C(c1cc(=O)[nH]c2cc(F)ccc12)N1CC2(CCOC2)C1. The van der Waals surface area contributed by atoms with E-state index in [0.29, 0.717) is 36.2 Å². The monoisotopic (exact) mass is 302 g/mol. The average molecular weight is 302 g/mol. The molecule has 1 amide bonds. The van der Waals surface area contributed by atoms with Crippen molar-refractivity contribution in [2.24, 2.45) is 5.41 Å². The van der Waals surface area contributed by atoms with E-state index in [1.165, 1.54) is 24.3 Å². The van der Waals surface area contributed by atoms with E-state index in [1.54, 1.807) is 4.90 Å². The zero-order valence-corrected chi connectivity index (χ0v) is 11.9. The predicted octanol–water partition coefficient (Wildman–Crippen LogP) is 1.53. The van der Waals surface area contributed by atoms with Gasteiger partial charge in [0, 0.05) is 36.6 Å². The van der Waals surface area contributed by atoms with Crippen LogP contribution >= 0.6 is 0 Å². The van der Waals surface area contributed by atoms with Gasteiger partial charge in [-0.25, -0.2) is 4.39 Å². The molecule has 0 unspecified atom stereocenters. The summed E-state index contributed by atoms with van der Waals surface area (Å²) in [7, 11) is 0. The van der Waals surface area contributed by atoms with Gasteiger partial charge in [0.1, 0.15) is 5.82 Å². The Labute approximate surface area is 125 Å². The number of benzene rings is 1. The second kappa shape index (κ2) is 4.64. The highest BCUT2D eigenvalue weighted by Crippen LogP contribution is 2.39. The number of ether oxygens (including phenoxy) is 1. The normalized spacial score (nSPS) is 19.6. The van der Waals surface area contributed by atoms with Crippen molar-refractivity contribution in [1.82, 2.24) is 9.88 Å². The number of amides is 1. The molecule has 1 N–H and O–H groups in total. The lowest BCUT2D eigenvalue weighted by Gasteiger charge is -2.47. The molecule has 0 bridgehead atoms. The lowest BCUT2D eigenvalue weighted by Crippen LogP contribution is -2.58. The van der Waals surface area contributed by atoms with Gasteiger partial charge in [0.15, 0.2) is 0 Å². The number of carbonyl (C=O) groups is 1. The van der Waals surface area contributed by atoms with Crippen LogP contribution in [0.1, 0.15) is 16.8 Å². The molecule has 2 aromatic rings. The molecule has 0 radical (unpaired) electrons. The molecule has 114 valence electrons. The van der Waals surface area contributed by atoms with Crippen LogP contribution in [0, 0.1) is 11.2 Å². The van der Waals surface area contributed by atoms with E-state index in [-0.39, 0.29) is 11.3 Å². The Morgan fingerprint density at radius 1 is 1.32 bits per heavy atom. The van der Waals surface area contributed by atoms with Crippen molar-refractivity contribution in [1.29, 1.82) is 0 Å². The number of pyridine rings is 1. The van der Waals surface area contributed by atoms with Crippen molar-refractivity contribution >= 4 is 16.8 Å². The number of aromatic nitrogens is 1. The standard InChI is InChI=1S/C16H15FN2O3/c17-10-1-2-11-12(6-14(20)18-13(11)5-10)15(21)19-7-16(8-19)3-4-22-9-16/h1-2,5-6H,3-4,7-9H2,(H,18,20). The number of halogens is 1. The summed E-state index contributed by atoms with van der Waals surface area (Å²) < 4.78 is 18.7. The van der Waals surface area contributed by atoms with Crippen LogP contribution in [-0.4, -0.2) is 42.1 Å². The lowest BCUT2D eigenvalue weighted by molar-refractivity contribution is 0.000489. The number of H-pyrrole nitrogens is 1. The van der Waals surface area contributed by atoms with Crippen LogP contribution < -0.4 is 5.56 Å². The third kappa shape index (κ3) is 2.02. The van der Waals surface area contributed by atoms with E-state index < -0.39 is 11.4 Å². The molecule has 0 aliphatic carbocycles. The van der Waals surface area contributed by atoms with Crippen molar-refractivity contribution in [3.63, 3.8) is 0 Å². The number of fused-ring (bicyclic) bond motifs is 1. The van der Waals surface area contributed by atoms with E-state index in [4.69, 9.17) is 4.74 Å². The average Bonchev–Trinajstić information content (AvgIpc) is 2.93. The van der Waals surface area contributed by atoms with Gasteiger partial charge >= 0.3 is 0 Å². The Kier molecular flexibility index (Phi) is 2.84. The van der Waals surface area contributed by atoms with E-state index in [0.717, 1.165) is 13.0 Å². The van der Waals surface area contributed by atoms with Gasteiger partial charge in [-0.1, -0.05) is 0 Å². The summed E-state index contributed by atoms with van der Waals surface area (Å²) in [4.78, 5) is 28.7. The van der Waals surface area contributed by atoms with Crippen molar-refractivity contribution < 1.29 is 13.9 Å². The van der Waals surface area contributed by atoms with E-state index in [9.17, 15) is 14.0 Å². The fourth-order valence-corrected chi connectivity index (χ4v) is 3.39. The van der Waals surface area contributed by atoms with Gasteiger partial charge in [0.2, 0.25) is 5.56 Å². The van der Waals surface area contributed by atoms with Gasteiger partial charge < -0.3 is 14.6 Å². The molecule has 2 aliphatic rings. The number of hydrogen-bond donors (Lipinski definition) is 1.